The van der Waals surface area contributed by atoms with Gasteiger partial charge in [0.15, 0.2) is 0 Å². The predicted molar refractivity (Wildman–Crippen MR) is 75.6 cm³/mol. The van der Waals surface area contributed by atoms with Crippen LogP contribution in [0.1, 0.15) is 19.3 Å². The normalized spacial score (nSPS) is 18.9. The van der Waals surface area contributed by atoms with Crippen LogP contribution in [0.15, 0.2) is 24.3 Å². The van der Waals surface area contributed by atoms with Crippen LogP contribution in [-0.4, -0.2) is 31.6 Å². The quantitative estimate of drug-likeness (QED) is 0.868. The first-order chi connectivity index (χ1) is 9.24. The van der Waals surface area contributed by atoms with E-state index in [9.17, 15) is 4.79 Å². The number of benzene rings is 1. The molecule has 5 heteroatoms. The third-order valence-corrected chi connectivity index (χ3v) is 3.33. The Morgan fingerprint density at radius 3 is 2.89 bits per heavy atom. The molecule has 0 bridgehead atoms. The summed E-state index contributed by atoms with van der Waals surface area (Å²) < 4.78 is 5.49. The minimum Gasteiger partial charge on any atom is -0.493 e. The highest BCUT2D eigenvalue weighted by Gasteiger charge is 2.14. The van der Waals surface area contributed by atoms with Gasteiger partial charge in [0, 0.05) is 17.6 Å². The second kappa shape index (κ2) is 7.36. The van der Waals surface area contributed by atoms with E-state index in [2.05, 4.69) is 10.6 Å². The summed E-state index contributed by atoms with van der Waals surface area (Å²) in [5.41, 5.74) is 0. The van der Waals surface area contributed by atoms with Gasteiger partial charge in [0.05, 0.1) is 13.0 Å². The van der Waals surface area contributed by atoms with Crippen molar-refractivity contribution in [2.24, 2.45) is 0 Å². The van der Waals surface area contributed by atoms with Crippen LogP contribution in [0.4, 0.5) is 0 Å². The summed E-state index contributed by atoms with van der Waals surface area (Å²) in [6, 6.07) is 7.39. The third kappa shape index (κ3) is 5.09. The van der Waals surface area contributed by atoms with Gasteiger partial charge in [-0.05, 0) is 43.7 Å². The Kier molecular flexibility index (Phi) is 5.48. The number of halogens is 1. The molecular weight excluding hydrogens is 264 g/mol. The van der Waals surface area contributed by atoms with Crippen molar-refractivity contribution in [1.29, 1.82) is 0 Å². The molecule has 2 rings (SSSR count). The number of nitrogens with one attached hydrogen (secondary N) is 2. The molecule has 4 nitrogen and oxygen atoms in total. The molecule has 0 aromatic heterocycles. The fourth-order valence-electron chi connectivity index (χ4n) is 2.07. The maximum absolute atomic E-state index is 11.7. The Hall–Kier alpha value is -1.26. The molecule has 1 heterocycles. The SMILES string of the molecule is O=C(CCOc1ccc(Cl)cc1)NC1CCCNC1. The summed E-state index contributed by atoms with van der Waals surface area (Å²) in [5, 5.41) is 6.96. The largest absolute Gasteiger partial charge is 0.493 e. The summed E-state index contributed by atoms with van der Waals surface area (Å²) in [5.74, 6) is 0.777. The van der Waals surface area contributed by atoms with Gasteiger partial charge in [0.25, 0.3) is 0 Å². The average Bonchev–Trinajstić information content (AvgIpc) is 2.42. The molecule has 1 aromatic carbocycles. The number of carbonyl (C=O) groups is 1. The number of hydrogen-bond donors (Lipinski definition) is 2. The van der Waals surface area contributed by atoms with E-state index in [-0.39, 0.29) is 11.9 Å². The second-order valence-corrected chi connectivity index (χ2v) is 5.10. The Balaban J connectivity index is 1.64. The summed E-state index contributed by atoms with van der Waals surface area (Å²) in [7, 11) is 0. The molecular formula is C14H19ClN2O2. The number of ether oxygens (including phenoxy) is 1. The molecule has 1 aliphatic rings. The number of amides is 1. The van der Waals surface area contributed by atoms with E-state index in [0.717, 1.165) is 31.7 Å². The van der Waals surface area contributed by atoms with Gasteiger partial charge >= 0.3 is 0 Å². The number of rotatable bonds is 5. The second-order valence-electron chi connectivity index (χ2n) is 4.66. The smallest absolute Gasteiger partial charge is 0.223 e. The van der Waals surface area contributed by atoms with Gasteiger partial charge in [0.2, 0.25) is 5.91 Å². The summed E-state index contributed by atoms with van der Waals surface area (Å²) in [4.78, 5) is 11.7. The highest BCUT2D eigenvalue weighted by Crippen LogP contribution is 2.15. The molecule has 1 saturated heterocycles. The zero-order valence-electron chi connectivity index (χ0n) is 10.8. The standard InChI is InChI=1S/C14H19ClN2O2/c15-11-3-5-13(6-4-11)19-9-7-14(18)17-12-2-1-8-16-10-12/h3-6,12,16H,1-2,7-10H2,(H,17,18). The molecule has 0 aliphatic carbocycles. The maximum Gasteiger partial charge on any atom is 0.223 e. The minimum atomic E-state index is 0.0441. The number of carbonyl (C=O) groups excluding carboxylic acids is 1. The molecule has 0 spiro atoms. The lowest BCUT2D eigenvalue weighted by Gasteiger charge is -2.23. The lowest BCUT2D eigenvalue weighted by molar-refractivity contribution is -0.122. The molecule has 1 fully saturated rings. The van der Waals surface area contributed by atoms with Crippen LogP contribution in [0, 0.1) is 0 Å². The van der Waals surface area contributed by atoms with Gasteiger partial charge in [-0.2, -0.15) is 0 Å². The number of hydrogen-bond acceptors (Lipinski definition) is 3. The lowest BCUT2D eigenvalue weighted by atomic mass is 10.1. The van der Waals surface area contributed by atoms with Gasteiger partial charge in [-0.3, -0.25) is 4.79 Å². The van der Waals surface area contributed by atoms with E-state index in [4.69, 9.17) is 16.3 Å². The van der Waals surface area contributed by atoms with Gasteiger partial charge in [0.1, 0.15) is 5.75 Å². The van der Waals surface area contributed by atoms with Gasteiger partial charge in [-0.1, -0.05) is 11.6 Å². The number of piperidine rings is 1. The topological polar surface area (TPSA) is 50.4 Å². The monoisotopic (exact) mass is 282 g/mol. The third-order valence-electron chi connectivity index (χ3n) is 3.07. The predicted octanol–water partition coefficient (Wildman–Crippen LogP) is 1.98. The van der Waals surface area contributed by atoms with Crippen molar-refractivity contribution in [3.8, 4) is 5.75 Å². The van der Waals surface area contributed by atoms with Crippen LogP contribution in [-0.2, 0) is 4.79 Å². The van der Waals surface area contributed by atoms with Gasteiger partial charge in [-0.15, -0.1) is 0 Å². The van der Waals surface area contributed by atoms with E-state index in [1.807, 2.05) is 0 Å². The fraction of sp³-hybridized carbons (Fsp3) is 0.500. The lowest BCUT2D eigenvalue weighted by Crippen LogP contribution is -2.45. The first-order valence-electron chi connectivity index (χ1n) is 6.62. The molecule has 1 unspecified atom stereocenters. The first-order valence-corrected chi connectivity index (χ1v) is 7.00. The van der Waals surface area contributed by atoms with E-state index in [0.29, 0.717) is 18.1 Å². The molecule has 1 atom stereocenters. The van der Waals surface area contributed by atoms with Crippen molar-refractivity contribution in [3.63, 3.8) is 0 Å². The summed E-state index contributed by atoms with van der Waals surface area (Å²) >= 11 is 5.78. The fourth-order valence-corrected chi connectivity index (χ4v) is 2.19. The van der Waals surface area contributed by atoms with Crippen LogP contribution < -0.4 is 15.4 Å². The molecule has 19 heavy (non-hydrogen) atoms. The van der Waals surface area contributed by atoms with Crippen molar-refractivity contribution in [1.82, 2.24) is 10.6 Å². The zero-order chi connectivity index (χ0) is 13.5. The van der Waals surface area contributed by atoms with Crippen molar-refractivity contribution >= 4 is 17.5 Å². The molecule has 0 saturated carbocycles. The minimum absolute atomic E-state index is 0.0441. The average molecular weight is 283 g/mol. The Morgan fingerprint density at radius 1 is 1.42 bits per heavy atom. The maximum atomic E-state index is 11.7. The van der Waals surface area contributed by atoms with Crippen LogP contribution in [0.5, 0.6) is 5.75 Å². The zero-order valence-corrected chi connectivity index (χ0v) is 11.6. The van der Waals surface area contributed by atoms with Crippen molar-refractivity contribution in [2.75, 3.05) is 19.7 Å². The van der Waals surface area contributed by atoms with Crippen molar-refractivity contribution in [3.05, 3.63) is 29.3 Å². The molecule has 1 amide bonds. The van der Waals surface area contributed by atoms with Crippen LogP contribution in [0.25, 0.3) is 0 Å². The molecule has 2 N–H and O–H groups in total. The van der Waals surface area contributed by atoms with E-state index >= 15 is 0 Å². The molecule has 0 radical (unpaired) electrons. The molecule has 104 valence electrons. The van der Waals surface area contributed by atoms with Crippen LogP contribution in [0.2, 0.25) is 5.02 Å². The highest BCUT2D eigenvalue weighted by atomic mass is 35.5. The molecule has 1 aliphatic heterocycles. The van der Waals surface area contributed by atoms with Crippen molar-refractivity contribution < 1.29 is 9.53 Å². The van der Waals surface area contributed by atoms with Gasteiger partial charge in [-0.25, -0.2) is 0 Å². The summed E-state index contributed by atoms with van der Waals surface area (Å²) in [6.07, 6.45) is 2.54. The van der Waals surface area contributed by atoms with Gasteiger partial charge < -0.3 is 15.4 Å². The molecule has 1 aromatic rings. The van der Waals surface area contributed by atoms with E-state index < -0.39 is 0 Å². The Labute approximate surface area is 118 Å². The first kappa shape index (κ1) is 14.2. The van der Waals surface area contributed by atoms with Crippen LogP contribution in [0.3, 0.4) is 0 Å². The highest BCUT2D eigenvalue weighted by molar-refractivity contribution is 6.30. The van der Waals surface area contributed by atoms with Crippen molar-refractivity contribution in [2.45, 2.75) is 25.3 Å². The Morgan fingerprint density at radius 2 is 2.21 bits per heavy atom. The van der Waals surface area contributed by atoms with E-state index in [1.165, 1.54) is 0 Å². The van der Waals surface area contributed by atoms with Crippen LogP contribution >= 0.6 is 11.6 Å². The van der Waals surface area contributed by atoms with E-state index in [1.54, 1.807) is 24.3 Å². The summed E-state index contributed by atoms with van der Waals surface area (Å²) in [6.45, 7) is 2.30. The Bertz CT molecular complexity index is 402.